The summed E-state index contributed by atoms with van der Waals surface area (Å²) < 4.78 is 12.9. The fourth-order valence-electron chi connectivity index (χ4n) is 1.87. The van der Waals surface area contributed by atoms with Gasteiger partial charge in [-0.2, -0.15) is 5.26 Å². The van der Waals surface area contributed by atoms with Gasteiger partial charge in [0, 0.05) is 25.5 Å². The number of anilines is 2. The van der Waals surface area contributed by atoms with Crippen LogP contribution in [0.25, 0.3) is 0 Å². The third kappa shape index (κ3) is 3.27. The van der Waals surface area contributed by atoms with Crippen LogP contribution in [0.3, 0.4) is 0 Å². The molecule has 3 nitrogen and oxygen atoms in total. The molecular formula is C16H16FN3. The van der Waals surface area contributed by atoms with Crippen LogP contribution in [0.15, 0.2) is 48.5 Å². The van der Waals surface area contributed by atoms with Gasteiger partial charge in [-0.3, -0.25) is 0 Å². The molecule has 4 heteroatoms. The summed E-state index contributed by atoms with van der Waals surface area (Å²) in [4.78, 5) is 2.00. The van der Waals surface area contributed by atoms with Crippen molar-refractivity contribution in [2.45, 2.75) is 6.04 Å². The van der Waals surface area contributed by atoms with Crippen LogP contribution in [0.4, 0.5) is 15.8 Å². The molecule has 2 rings (SSSR count). The first-order chi connectivity index (χ1) is 9.60. The fourth-order valence-corrected chi connectivity index (χ4v) is 1.87. The normalized spacial score (nSPS) is 11.5. The van der Waals surface area contributed by atoms with E-state index in [9.17, 15) is 9.65 Å². The average molecular weight is 269 g/mol. The molecule has 20 heavy (non-hydrogen) atoms. The molecule has 0 amide bonds. The Labute approximate surface area is 118 Å². The van der Waals surface area contributed by atoms with Gasteiger partial charge in [-0.05, 0) is 42.0 Å². The van der Waals surface area contributed by atoms with Crippen LogP contribution >= 0.6 is 0 Å². The Bertz CT molecular complexity index is 597. The van der Waals surface area contributed by atoms with Gasteiger partial charge in [0.15, 0.2) is 0 Å². The highest BCUT2D eigenvalue weighted by atomic mass is 19.1. The van der Waals surface area contributed by atoms with E-state index < -0.39 is 6.04 Å². The van der Waals surface area contributed by atoms with Gasteiger partial charge >= 0.3 is 0 Å². The minimum absolute atomic E-state index is 0.292. The molecule has 0 fully saturated rings. The zero-order chi connectivity index (χ0) is 14.5. The van der Waals surface area contributed by atoms with Gasteiger partial charge in [0.1, 0.15) is 11.9 Å². The lowest BCUT2D eigenvalue weighted by molar-refractivity contribution is 0.628. The van der Waals surface area contributed by atoms with Crippen molar-refractivity contribution in [1.82, 2.24) is 0 Å². The molecule has 0 saturated carbocycles. The zero-order valence-electron chi connectivity index (χ0n) is 11.5. The molecule has 1 atom stereocenters. The molecule has 0 aliphatic rings. The molecule has 0 radical (unpaired) electrons. The molecular weight excluding hydrogens is 253 g/mol. The second-order valence-electron chi connectivity index (χ2n) is 4.70. The fraction of sp³-hybridized carbons (Fsp3) is 0.188. The van der Waals surface area contributed by atoms with Crippen LogP contribution in [0.5, 0.6) is 0 Å². The zero-order valence-corrected chi connectivity index (χ0v) is 11.5. The average Bonchev–Trinajstić information content (AvgIpc) is 2.47. The summed E-state index contributed by atoms with van der Waals surface area (Å²) in [5.41, 5.74) is 2.67. The summed E-state index contributed by atoms with van der Waals surface area (Å²) in [5.74, 6) is -0.292. The number of nitrogens with one attached hydrogen (secondary N) is 1. The van der Waals surface area contributed by atoms with E-state index in [0.29, 0.717) is 0 Å². The third-order valence-corrected chi connectivity index (χ3v) is 3.03. The number of nitriles is 1. The Kier molecular flexibility index (Phi) is 4.21. The smallest absolute Gasteiger partial charge is 0.140 e. The first kappa shape index (κ1) is 13.9. The highest BCUT2D eigenvalue weighted by Gasteiger charge is 2.10. The van der Waals surface area contributed by atoms with Gasteiger partial charge in [-0.1, -0.05) is 12.1 Å². The summed E-state index contributed by atoms with van der Waals surface area (Å²) in [6.45, 7) is 0. The number of hydrogen-bond acceptors (Lipinski definition) is 3. The Balaban J connectivity index is 2.16. The number of rotatable bonds is 4. The van der Waals surface area contributed by atoms with Gasteiger partial charge in [-0.25, -0.2) is 4.39 Å². The molecule has 102 valence electrons. The monoisotopic (exact) mass is 269 g/mol. The molecule has 1 N–H and O–H groups in total. The van der Waals surface area contributed by atoms with Crippen LogP contribution in [-0.4, -0.2) is 14.1 Å². The van der Waals surface area contributed by atoms with Crippen molar-refractivity contribution in [2.75, 3.05) is 24.3 Å². The van der Waals surface area contributed by atoms with E-state index in [1.54, 1.807) is 12.1 Å². The third-order valence-electron chi connectivity index (χ3n) is 3.03. The van der Waals surface area contributed by atoms with Crippen LogP contribution in [0, 0.1) is 17.1 Å². The standard InChI is InChI=1S/C16H16FN3/c1-20(2)15-9-3-12(4-10-15)16(11-18)19-14-7-5-13(17)6-8-14/h3-10,16,19H,1-2H3. The molecule has 2 aromatic carbocycles. The van der Waals surface area contributed by atoms with Crippen molar-refractivity contribution in [1.29, 1.82) is 5.26 Å². The summed E-state index contributed by atoms with van der Waals surface area (Å²) in [6.07, 6.45) is 0. The van der Waals surface area contributed by atoms with Crippen LogP contribution in [-0.2, 0) is 0 Å². The van der Waals surface area contributed by atoms with Crippen LogP contribution in [0.1, 0.15) is 11.6 Å². The molecule has 0 aliphatic carbocycles. The Morgan fingerprint density at radius 1 is 1.05 bits per heavy atom. The molecule has 0 aromatic heterocycles. The van der Waals surface area contributed by atoms with Crippen molar-refractivity contribution < 1.29 is 4.39 Å². The molecule has 0 bridgehead atoms. The van der Waals surface area contributed by atoms with Crippen molar-refractivity contribution >= 4 is 11.4 Å². The van der Waals surface area contributed by atoms with Gasteiger partial charge < -0.3 is 10.2 Å². The van der Waals surface area contributed by atoms with Gasteiger partial charge in [0.2, 0.25) is 0 Å². The number of halogens is 1. The number of hydrogen-bond donors (Lipinski definition) is 1. The summed E-state index contributed by atoms with van der Waals surface area (Å²) in [6, 6.07) is 15.5. The highest BCUT2D eigenvalue weighted by Crippen LogP contribution is 2.21. The molecule has 0 spiro atoms. The first-order valence-corrected chi connectivity index (χ1v) is 6.29. The van der Waals surface area contributed by atoms with E-state index in [1.165, 1.54) is 12.1 Å². The van der Waals surface area contributed by atoms with Crippen molar-refractivity contribution in [3.05, 3.63) is 59.9 Å². The van der Waals surface area contributed by atoms with E-state index in [2.05, 4.69) is 11.4 Å². The molecule has 0 aliphatic heterocycles. The number of nitrogens with zero attached hydrogens (tertiary/aromatic N) is 2. The maximum absolute atomic E-state index is 12.9. The minimum Gasteiger partial charge on any atom is -0.378 e. The maximum Gasteiger partial charge on any atom is 0.140 e. The molecule has 0 heterocycles. The second-order valence-corrected chi connectivity index (χ2v) is 4.70. The lowest BCUT2D eigenvalue weighted by atomic mass is 10.1. The van der Waals surface area contributed by atoms with Gasteiger partial charge in [0.25, 0.3) is 0 Å². The van der Waals surface area contributed by atoms with Crippen molar-refractivity contribution in [2.24, 2.45) is 0 Å². The Hall–Kier alpha value is -2.54. The van der Waals surface area contributed by atoms with E-state index >= 15 is 0 Å². The van der Waals surface area contributed by atoms with Crippen molar-refractivity contribution in [3.63, 3.8) is 0 Å². The Morgan fingerprint density at radius 2 is 1.65 bits per heavy atom. The predicted octanol–water partition coefficient (Wildman–Crippen LogP) is 3.57. The SMILES string of the molecule is CN(C)c1ccc(C(C#N)Nc2ccc(F)cc2)cc1. The topological polar surface area (TPSA) is 39.1 Å². The van der Waals surface area contributed by atoms with Gasteiger partial charge in [-0.15, -0.1) is 0 Å². The summed E-state index contributed by atoms with van der Waals surface area (Å²) >= 11 is 0. The maximum atomic E-state index is 12.9. The molecule has 2 aromatic rings. The number of benzene rings is 2. The minimum atomic E-state index is -0.461. The van der Waals surface area contributed by atoms with Gasteiger partial charge in [0.05, 0.1) is 6.07 Å². The largest absolute Gasteiger partial charge is 0.378 e. The van der Waals surface area contributed by atoms with E-state index in [-0.39, 0.29) is 5.82 Å². The summed E-state index contributed by atoms with van der Waals surface area (Å²) in [7, 11) is 3.93. The first-order valence-electron chi connectivity index (χ1n) is 6.29. The quantitative estimate of drug-likeness (QED) is 0.922. The van der Waals surface area contributed by atoms with E-state index in [0.717, 1.165) is 16.9 Å². The lowest BCUT2D eigenvalue weighted by Gasteiger charge is -2.16. The van der Waals surface area contributed by atoms with Crippen LogP contribution < -0.4 is 10.2 Å². The lowest BCUT2D eigenvalue weighted by Crippen LogP contribution is -2.11. The predicted molar refractivity (Wildman–Crippen MR) is 79.1 cm³/mol. The Morgan fingerprint density at radius 3 is 2.15 bits per heavy atom. The summed E-state index contributed by atoms with van der Waals surface area (Å²) in [5, 5.41) is 12.4. The highest BCUT2D eigenvalue weighted by molar-refractivity contribution is 5.51. The van der Waals surface area contributed by atoms with E-state index in [1.807, 2.05) is 43.3 Å². The van der Waals surface area contributed by atoms with E-state index in [4.69, 9.17) is 0 Å². The second kappa shape index (κ2) is 6.07. The molecule has 0 saturated heterocycles. The molecule has 1 unspecified atom stereocenters. The van der Waals surface area contributed by atoms with Crippen molar-refractivity contribution in [3.8, 4) is 6.07 Å². The van der Waals surface area contributed by atoms with Crippen LogP contribution in [0.2, 0.25) is 0 Å².